The van der Waals surface area contributed by atoms with E-state index in [9.17, 15) is 9.59 Å². The Balaban J connectivity index is 1.80. The van der Waals surface area contributed by atoms with Gasteiger partial charge in [-0.2, -0.15) is 0 Å². The highest BCUT2D eigenvalue weighted by molar-refractivity contribution is 7.98. The number of pyridine rings is 1. The maximum atomic E-state index is 12.4. The number of amides is 1. The van der Waals surface area contributed by atoms with Gasteiger partial charge in [-0.05, 0) is 30.7 Å². The third kappa shape index (κ3) is 2.98. The van der Waals surface area contributed by atoms with Crippen molar-refractivity contribution in [3.8, 4) is 0 Å². The van der Waals surface area contributed by atoms with E-state index in [4.69, 9.17) is 0 Å². The Morgan fingerprint density at radius 1 is 1.31 bits per heavy atom. The van der Waals surface area contributed by atoms with Gasteiger partial charge in [0.15, 0.2) is 5.78 Å². The zero-order chi connectivity index (χ0) is 18.3. The molecule has 2 aliphatic rings. The van der Waals surface area contributed by atoms with E-state index >= 15 is 0 Å². The van der Waals surface area contributed by atoms with Crippen LogP contribution in [0.5, 0.6) is 0 Å². The van der Waals surface area contributed by atoms with E-state index in [1.807, 2.05) is 19.2 Å². The van der Waals surface area contributed by atoms with Gasteiger partial charge >= 0.3 is 0 Å². The molecule has 0 spiro atoms. The first kappa shape index (κ1) is 17.1. The molecule has 1 aliphatic carbocycles. The van der Waals surface area contributed by atoms with E-state index < -0.39 is 0 Å². The largest absolute Gasteiger partial charge is 0.353 e. The number of Topliss-reactive ketones (excluding diaryl/α,β-unsaturated/α-hetero) is 1. The van der Waals surface area contributed by atoms with Crippen LogP contribution in [0.3, 0.4) is 0 Å². The number of nitrogens with one attached hydrogen (secondary N) is 2. The summed E-state index contributed by atoms with van der Waals surface area (Å²) in [6.07, 6.45) is 6.58. The van der Waals surface area contributed by atoms with Crippen LogP contribution < -0.4 is 10.6 Å². The molecule has 1 aliphatic heterocycles. The third-order valence-electron chi connectivity index (χ3n) is 4.94. The molecule has 5 nitrogen and oxygen atoms in total. The second-order valence-corrected chi connectivity index (χ2v) is 7.56. The van der Waals surface area contributed by atoms with E-state index in [-0.39, 0.29) is 17.6 Å². The van der Waals surface area contributed by atoms with Crippen molar-refractivity contribution in [1.29, 1.82) is 0 Å². The predicted octanol–water partition coefficient (Wildman–Crippen LogP) is 4.39. The Morgan fingerprint density at radius 3 is 2.81 bits per heavy atom. The van der Waals surface area contributed by atoms with Gasteiger partial charge in [0.25, 0.3) is 0 Å². The van der Waals surface area contributed by atoms with Gasteiger partial charge in [0.1, 0.15) is 5.82 Å². The smallest absolute Gasteiger partial charge is 0.228 e. The Bertz CT molecular complexity index is 906. The quantitative estimate of drug-likeness (QED) is 0.517. The standard InChI is InChI=1S/C20H21N3O2S/c1-3-15(24)14-10-21-19(23-20(25)11-7-8-11)13-9-12-5-4-6-16(26-2)17(12)22-18(13)14/h4-6,10-11,22H,3,7-9H2,1-2H3,(H,21,23,25). The fraction of sp³-hybridized carbons (Fsp3) is 0.350. The van der Waals surface area contributed by atoms with Crippen LogP contribution in [0.15, 0.2) is 29.3 Å². The fourth-order valence-electron chi connectivity index (χ4n) is 3.29. The number of fused-ring (bicyclic) bond motifs is 2. The maximum Gasteiger partial charge on any atom is 0.228 e. The lowest BCUT2D eigenvalue weighted by atomic mass is 9.94. The van der Waals surface area contributed by atoms with Crippen LogP contribution in [0, 0.1) is 5.92 Å². The molecule has 2 N–H and O–H groups in total. The van der Waals surface area contributed by atoms with Crippen LogP contribution >= 0.6 is 11.8 Å². The molecule has 0 bridgehead atoms. The average Bonchev–Trinajstić information content (AvgIpc) is 3.51. The van der Waals surface area contributed by atoms with Crippen LogP contribution in [0.25, 0.3) is 0 Å². The highest BCUT2D eigenvalue weighted by Crippen LogP contribution is 2.42. The van der Waals surface area contributed by atoms with Crippen LogP contribution in [0.4, 0.5) is 17.2 Å². The number of ketones is 1. The number of anilines is 3. The lowest BCUT2D eigenvalue weighted by Gasteiger charge is -2.26. The summed E-state index contributed by atoms with van der Waals surface area (Å²) in [7, 11) is 0. The SMILES string of the molecule is CCC(=O)c1cnc(NC(=O)C2CC2)c2c1Nc1c(cccc1SC)C2. The molecule has 6 heteroatoms. The predicted molar refractivity (Wildman–Crippen MR) is 105 cm³/mol. The molecule has 0 atom stereocenters. The summed E-state index contributed by atoms with van der Waals surface area (Å²) in [5.74, 6) is 0.748. The van der Waals surface area contributed by atoms with Gasteiger partial charge < -0.3 is 10.6 Å². The second kappa shape index (κ2) is 6.76. The summed E-state index contributed by atoms with van der Waals surface area (Å²) >= 11 is 1.67. The first-order valence-electron chi connectivity index (χ1n) is 8.91. The molecule has 0 radical (unpaired) electrons. The van der Waals surface area contributed by atoms with Crippen molar-refractivity contribution in [2.75, 3.05) is 16.9 Å². The summed E-state index contributed by atoms with van der Waals surface area (Å²) in [5.41, 5.74) is 4.46. The van der Waals surface area contributed by atoms with Gasteiger partial charge in [0, 0.05) is 35.4 Å². The molecule has 26 heavy (non-hydrogen) atoms. The van der Waals surface area contributed by atoms with Crippen molar-refractivity contribution in [1.82, 2.24) is 4.98 Å². The molecule has 0 unspecified atom stereocenters. The van der Waals surface area contributed by atoms with Crippen molar-refractivity contribution < 1.29 is 9.59 Å². The van der Waals surface area contributed by atoms with E-state index in [2.05, 4.69) is 27.8 Å². The summed E-state index contributed by atoms with van der Waals surface area (Å²) in [4.78, 5) is 30.2. The molecule has 1 saturated carbocycles. The zero-order valence-corrected chi connectivity index (χ0v) is 15.7. The summed E-state index contributed by atoms with van der Waals surface area (Å²) in [6.45, 7) is 1.85. The Labute approximate surface area is 157 Å². The molecule has 2 aromatic rings. The first-order chi connectivity index (χ1) is 12.6. The first-order valence-corrected chi connectivity index (χ1v) is 10.1. The molecule has 4 rings (SSSR count). The molecule has 1 aromatic carbocycles. The maximum absolute atomic E-state index is 12.4. The number of carbonyl (C=O) groups is 2. The molecule has 134 valence electrons. The Morgan fingerprint density at radius 2 is 2.12 bits per heavy atom. The summed E-state index contributed by atoms with van der Waals surface area (Å²) in [5, 5.41) is 6.44. The Hall–Kier alpha value is -2.34. The van der Waals surface area contributed by atoms with Crippen molar-refractivity contribution in [2.45, 2.75) is 37.5 Å². The number of hydrogen-bond donors (Lipinski definition) is 2. The minimum atomic E-state index is 0.0259. The van der Waals surface area contributed by atoms with Crippen LogP contribution in [-0.2, 0) is 11.2 Å². The minimum Gasteiger partial charge on any atom is -0.353 e. The van der Waals surface area contributed by atoms with Gasteiger partial charge in [-0.25, -0.2) is 4.98 Å². The molecular weight excluding hydrogens is 346 g/mol. The number of hydrogen-bond acceptors (Lipinski definition) is 5. The van der Waals surface area contributed by atoms with E-state index in [1.165, 1.54) is 0 Å². The van der Waals surface area contributed by atoms with Crippen molar-refractivity contribution in [3.63, 3.8) is 0 Å². The third-order valence-corrected chi connectivity index (χ3v) is 5.72. The number of aromatic nitrogens is 1. The monoisotopic (exact) mass is 367 g/mol. The molecule has 1 fully saturated rings. The molecular formula is C20H21N3O2S. The summed E-state index contributed by atoms with van der Waals surface area (Å²) in [6, 6.07) is 6.18. The average molecular weight is 367 g/mol. The number of para-hydroxylation sites is 1. The normalized spacial score (nSPS) is 14.8. The van der Waals surface area contributed by atoms with E-state index in [0.717, 1.165) is 40.2 Å². The van der Waals surface area contributed by atoms with Crippen LogP contribution in [-0.4, -0.2) is 22.9 Å². The molecule has 1 aromatic heterocycles. The lowest BCUT2D eigenvalue weighted by Crippen LogP contribution is -2.20. The number of carbonyl (C=O) groups excluding carboxylic acids is 2. The zero-order valence-electron chi connectivity index (χ0n) is 14.9. The highest BCUT2D eigenvalue weighted by Gasteiger charge is 2.32. The highest BCUT2D eigenvalue weighted by atomic mass is 32.2. The second-order valence-electron chi connectivity index (χ2n) is 6.71. The van der Waals surface area contributed by atoms with Crippen molar-refractivity contribution >= 4 is 40.6 Å². The van der Waals surface area contributed by atoms with Crippen LogP contribution in [0.2, 0.25) is 0 Å². The van der Waals surface area contributed by atoms with Gasteiger partial charge in [0.2, 0.25) is 5.91 Å². The van der Waals surface area contributed by atoms with Gasteiger partial charge in [-0.1, -0.05) is 19.1 Å². The van der Waals surface area contributed by atoms with Gasteiger partial charge in [0.05, 0.1) is 16.9 Å². The lowest BCUT2D eigenvalue weighted by molar-refractivity contribution is -0.117. The van der Waals surface area contributed by atoms with E-state index in [1.54, 1.807) is 18.0 Å². The van der Waals surface area contributed by atoms with Gasteiger partial charge in [-0.15, -0.1) is 11.8 Å². The van der Waals surface area contributed by atoms with E-state index in [0.29, 0.717) is 24.2 Å². The molecule has 1 amide bonds. The molecule has 2 heterocycles. The summed E-state index contributed by atoms with van der Waals surface area (Å²) < 4.78 is 0. The Kier molecular flexibility index (Phi) is 4.44. The number of benzene rings is 1. The molecule has 0 saturated heterocycles. The fourth-order valence-corrected chi connectivity index (χ4v) is 3.89. The van der Waals surface area contributed by atoms with Crippen LogP contribution in [0.1, 0.15) is 47.7 Å². The van der Waals surface area contributed by atoms with Gasteiger partial charge in [-0.3, -0.25) is 9.59 Å². The van der Waals surface area contributed by atoms with Crippen molar-refractivity contribution in [3.05, 3.63) is 41.1 Å². The number of thioether (sulfide) groups is 1. The topological polar surface area (TPSA) is 71.1 Å². The van der Waals surface area contributed by atoms with Crippen molar-refractivity contribution in [2.24, 2.45) is 5.92 Å². The number of nitrogens with zero attached hydrogens (tertiary/aromatic N) is 1. The minimum absolute atomic E-state index is 0.0259. The number of rotatable bonds is 5.